The van der Waals surface area contributed by atoms with E-state index >= 15 is 0 Å². The molecule has 6 heteroatoms. The van der Waals surface area contributed by atoms with Crippen LogP contribution in [-0.2, 0) is 11.3 Å². The largest absolute Gasteiger partial charge is 0.454 e. The van der Waals surface area contributed by atoms with E-state index in [2.05, 4.69) is 21.9 Å². The van der Waals surface area contributed by atoms with E-state index < -0.39 is 0 Å². The van der Waals surface area contributed by atoms with Gasteiger partial charge in [0.15, 0.2) is 11.5 Å². The fourth-order valence-corrected chi connectivity index (χ4v) is 5.30. The second-order valence-corrected chi connectivity index (χ2v) is 9.09. The minimum atomic E-state index is 0.259. The van der Waals surface area contributed by atoms with Gasteiger partial charge in [-0.2, -0.15) is 0 Å². The summed E-state index contributed by atoms with van der Waals surface area (Å²) in [6.07, 6.45) is 4.60. The highest BCUT2D eigenvalue weighted by molar-refractivity contribution is 6.31. The SMILES string of the molecule is O=C1CC[C@@H]2CN(C/C(Cl)=C/c3ccccc3)CC[C@@H]2N1Cc1ccc2c(c1)OCO2. The summed E-state index contributed by atoms with van der Waals surface area (Å²) in [6, 6.07) is 16.5. The Kier molecular flexibility index (Phi) is 5.88. The molecule has 162 valence electrons. The molecule has 2 fully saturated rings. The third kappa shape index (κ3) is 4.58. The Bertz CT molecular complexity index is 978. The van der Waals surface area contributed by atoms with Crippen LogP contribution >= 0.6 is 11.6 Å². The van der Waals surface area contributed by atoms with Crippen molar-refractivity contribution in [3.63, 3.8) is 0 Å². The lowest BCUT2D eigenvalue weighted by Crippen LogP contribution is -2.55. The maximum Gasteiger partial charge on any atom is 0.231 e. The number of rotatable bonds is 5. The number of carbonyl (C=O) groups excluding carboxylic acids is 1. The first-order valence-electron chi connectivity index (χ1n) is 11.0. The first-order valence-corrected chi connectivity index (χ1v) is 11.3. The number of hydrogen-bond donors (Lipinski definition) is 0. The molecule has 2 saturated heterocycles. The average Bonchev–Trinajstić information content (AvgIpc) is 3.24. The van der Waals surface area contributed by atoms with Crippen LogP contribution in [0.1, 0.15) is 30.4 Å². The van der Waals surface area contributed by atoms with Crippen molar-refractivity contribution in [2.24, 2.45) is 5.92 Å². The quantitative estimate of drug-likeness (QED) is 0.688. The minimum Gasteiger partial charge on any atom is -0.454 e. The van der Waals surface area contributed by atoms with Gasteiger partial charge in [0.05, 0.1) is 0 Å². The van der Waals surface area contributed by atoms with Crippen LogP contribution in [0.3, 0.4) is 0 Å². The minimum absolute atomic E-state index is 0.259. The number of carbonyl (C=O) groups is 1. The molecule has 3 aliphatic rings. The van der Waals surface area contributed by atoms with Crippen molar-refractivity contribution >= 4 is 23.6 Å². The predicted octanol–water partition coefficient (Wildman–Crippen LogP) is 4.51. The van der Waals surface area contributed by atoms with Crippen molar-refractivity contribution in [2.75, 3.05) is 26.4 Å². The molecule has 1 amide bonds. The van der Waals surface area contributed by atoms with Crippen molar-refractivity contribution < 1.29 is 14.3 Å². The highest BCUT2D eigenvalue weighted by Crippen LogP contribution is 2.36. The summed E-state index contributed by atoms with van der Waals surface area (Å²) in [7, 11) is 0. The molecule has 5 rings (SSSR count). The predicted molar refractivity (Wildman–Crippen MR) is 121 cm³/mol. The van der Waals surface area contributed by atoms with Gasteiger partial charge in [-0.3, -0.25) is 9.69 Å². The molecule has 0 radical (unpaired) electrons. The molecule has 0 spiro atoms. The first kappa shape index (κ1) is 20.4. The number of hydrogen-bond acceptors (Lipinski definition) is 4. The molecule has 31 heavy (non-hydrogen) atoms. The van der Waals surface area contributed by atoms with Gasteiger partial charge in [-0.15, -0.1) is 0 Å². The van der Waals surface area contributed by atoms with Gasteiger partial charge in [-0.05, 0) is 48.1 Å². The van der Waals surface area contributed by atoms with Crippen molar-refractivity contribution in [1.29, 1.82) is 0 Å². The van der Waals surface area contributed by atoms with Crippen LogP contribution in [0.5, 0.6) is 11.5 Å². The lowest BCUT2D eigenvalue weighted by Gasteiger charge is -2.47. The van der Waals surface area contributed by atoms with Gasteiger partial charge in [0, 0.05) is 43.7 Å². The number of halogens is 1. The zero-order chi connectivity index (χ0) is 21.2. The maximum atomic E-state index is 12.8. The molecule has 2 atom stereocenters. The zero-order valence-corrected chi connectivity index (χ0v) is 18.3. The number of amides is 1. The van der Waals surface area contributed by atoms with E-state index in [0.29, 0.717) is 24.9 Å². The Morgan fingerprint density at radius 2 is 1.94 bits per heavy atom. The maximum absolute atomic E-state index is 12.8. The number of likely N-dealkylation sites (tertiary alicyclic amines) is 2. The zero-order valence-electron chi connectivity index (χ0n) is 17.5. The van der Waals surface area contributed by atoms with Crippen molar-refractivity contribution in [3.05, 3.63) is 64.7 Å². The van der Waals surface area contributed by atoms with Crippen LogP contribution in [0.15, 0.2) is 53.6 Å². The summed E-state index contributed by atoms with van der Waals surface area (Å²) in [6.45, 7) is 3.59. The Morgan fingerprint density at radius 3 is 2.81 bits per heavy atom. The van der Waals surface area contributed by atoms with Crippen molar-refractivity contribution in [3.8, 4) is 11.5 Å². The Hall–Kier alpha value is -2.50. The fourth-order valence-electron chi connectivity index (χ4n) is 5.00. The molecule has 2 aromatic carbocycles. The molecular weight excluding hydrogens is 412 g/mol. The average molecular weight is 439 g/mol. The molecule has 0 aromatic heterocycles. The van der Waals surface area contributed by atoms with Crippen molar-refractivity contribution in [1.82, 2.24) is 9.80 Å². The van der Waals surface area contributed by atoms with Crippen LogP contribution in [0.25, 0.3) is 6.08 Å². The van der Waals surface area contributed by atoms with Crippen LogP contribution in [0, 0.1) is 5.92 Å². The number of fused-ring (bicyclic) bond motifs is 2. The highest BCUT2D eigenvalue weighted by Gasteiger charge is 2.39. The van der Waals surface area contributed by atoms with E-state index in [0.717, 1.165) is 60.1 Å². The van der Waals surface area contributed by atoms with Gasteiger partial charge in [-0.1, -0.05) is 48.0 Å². The third-order valence-corrected chi connectivity index (χ3v) is 6.74. The molecule has 3 heterocycles. The monoisotopic (exact) mass is 438 g/mol. The first-order chi connectivity index (χ1) is 15.2. The van der Waals surface area contributed by atoms with Crippen LogP contribution in [0.2, 0.25) is 0 Å². The molecule has 0 bridgehead atoms. The smallest absolute Gasteiger partial charge is 0.231 e. The van der Waals surface area contributed by atoms with E-state index in [1.165, 1.54) is 0 Å². The van der Waals surface area contributed by atoms with Gasteiger partial charge in [-0.25, -0.2) is 0 Å². The summed E-state index contributed by atoms with van der Waals surface area (Å²) in [4.78, 5) is 17.3. The summed E-state index contributed by atoms with van der Waals surface area (Å²) < 4.78 is 10.9. The topological polar surface area (TPSA) is 42.0 Å². The van der Waals surface area contributed by atoms with Crippen LogP contribution in [-0.4, -0.2) is 48.2 Å². The van der Waals surface area contributed by atoms with Crippen LogP contribution < -0.4 is 9.47 Å². The number of benzene rings is 2. The van der Waals surface area contributed by atoms with Gasteiger partial charge >= 0.3 is 0 Å². The Labute approximate surface area is 188 Å². The van der Waals surface area contributed by atoms with E-state index in [1.54, 1.807) is 0 Å². The van der Waals surface area contributed by atoms with E-state index in [9.17, 15) is 4.79 Å². The highest BCUT2D eigenvalue weighted by atomic mass is 35.5. The second-order valence-electron chi connectivity index (χ2n) is 8.60. The third-order valence-electron chi connectivity index (χ3n) is 6.52. The molecule has 0 unspecified atom stereocenters. The normalized spacial score (nSPS) is 23.7. The standard InChI is InChI=1S/C25H27ClN2O3/c26-21(12-18-4-2-1-3-5-18)16-27-11-10-22-20(15-27)7-9-25(29)28(22)14-19-6-8-23-24(13-19)31-17-30-23/h1-6,8,12-13,20,22H,7,9-11,14-17H2/b21-12-/t20-,22+/m1/s1. The summed E-state index contributed by atoms with van der Waals surface area (Å²) >= 11 is 6.56. The molecule has 5 nitrogen and oxygen atoms in total. The summed E-state index contributed by atoms with van der Waals surface area (Å²) in [5.74, 6) is 2.30. The fraction of sp³-hybridized carbons (Fsp3) is 0.400. The number of nitrogens with zero attached hydrogens (tertiary/aromatic N) is 2. The summed E-state index contributed by atoms with van der Waals surface area (Å²) in [5.41, 5.74) is 2.22. The number of piperidine rings is 2. The summed E-state index contributed by atoms with van der Waals surface area (Å²) in [5, 5.41) is 0.855. The molecular formula is C25H27ClN2O3. The second kappa shape index (κ2) is 8.93. The molecule has 0 N–H and O–H groups in total. The van der Waals surface area contributed by atoms with E-state index in [-0.39, 0.29) is 12.7 Å². The lowest BCUT2D eigenvalue weighted by molar-refractivity contribution is -0.141. The van der Waals surface area contributed by atoms with Gasteiger partial charge < -0.3 is 14.4 Å². The Morgan fingerprint density at radius 1 is 1.10 bits per heavy atom. The van der Waals surface area contributed by atoms with Crippen LogP contribution in [0.4, 0.5) is 0 Å². The van der Waals surface area contributed by atoms with Gasteiger partial charge in [0.25, 0.3) is 0 Å². The van der Waals surface area contributed by atoms with Crippen molar-refractivity contribution in [2.45, 2.75) is 31.8 Å². The lowest BCUT2D eigenvalue weighted by atomic mass is 9.83. The Balaban J connectivity index is 1.23. The van der Waals surface area contributed by atoms with Gasteiger partial charge in [0.1, 0.15) is 0 Å². The van der Waals surface area contributed by atoms with E-state index in [1.807, 2.05) is 42.5 Å². The van der Waals surface area contributed by atoms with Gasteiger partial charge in [0.2, 0.25) is 12.7 Å². The molecule has 0 saturated carbocycles. The molecule has 2 aromatic rings. The molecule has 0 aliphatic carbocycles. The van der Waals surface area contributed by atoms with E-state index in [4.69, 9.17) is 21.1 Å². The molecule has 3 aliphatic heterocycles. The number of ether oxygens (including phenoxy) is 2.